The normalized spacial score (nSPS) is 11.8. The predicted octanol–water partition coefficient (Wildman–Crippen LogP) is 3.60. The Bertz CT molecular complexity index is 596. The number of aryl methyl sites for hydroxylation is 1. The molecule has 1 heterocycles. The molecule has 4 nitrogen and oxygen atoms in total. The Hall–Kier alpha value is -1.40. The van der Waals surface area contributed by atoms with Crippen LogP contribution in [0.25, 0.3) is 0 Å². The average Bonchev–Trinajstić information content (AvgIpc) is 2.74. The SMILES string of the molecule is Cc1occc1Sc1ccc(/C(N)=N/O)c(Br)c1. The zero-order valence-corrected chi connectivity index (χ0v) is 12.0. The molecule has 0 fully saturated rings. The summed E-state index contributed by atoms with van der Waals surface area (Å²) in [7, 11) is 0. The topological polar surface area (TPSA) is 71.8 Å². The summed E-state index contributed by atoms with van der Waals surface area (Å²) in [5.74, 6) is 0.967. The third-order valence-corrected chi connectivity index (χ3v) is 4.15. The molecule has 3 N–H and O–H groups in total. The number of hydrogen-bond donors (Lipinski definition) is 2. The predicted molar refractivity (Wildman–Crippen MR) is 74.2 cm³/mol. The lowest BCUT2D eigenvalue weighted by Crippen LogP contribution is -2.13. The molecule has 0 saturated carbocycles. The van der Waals surface area contributed by atoms with E-state index in [1.807, 2.05) is 25.1 Å². The minimum atomic E-state index is 0.0814. The van der Waals surface area contributed by atoms with E-state index in [2.05, 4.69) is 21.1 Å². The van der Waals surface area contributed by atoms with Crippen LogP contribution < -0.4 is 5.73 Å². The van der Waals surface area contributed by atoms with Crippen molar-refractivity contribution >= 4 is 33.5 Å². The summed E-state index contributed by atoms with van der Waals surface area (Å²) in [6.07, 6.45) is 1.66. The Kier molecular flexibility index (Phi) is 3.98. The molecule has 0 bridgehead atoms. The minimum Gasteiger partial charge on any atom is -0.468 e. The first-order valence-corrected chi connectivity index (χ1v) is 6.72. The van der Waals surface area contributed by atoms with E-state index in [4.69, 9.17) is 15.4 Å². The van der Waals surface area contributed by atoms with Crippen LogP contribution in [-0.2, 0) is 0 Å². The van der Waals surface area contributed by atoms with E-state index < -0.39 is 0 Å². The number of hydrogen-bond acceptors (Lipinski definition) is 4. The Labute approximate surface area is 117 Å². The molecule has 0 spiro atoms. The van der Waals surface area contributed by atoms with Crippen molar-refractivity contribution in [2.75, 3.05) is 0 Å². The number of rotatable bonds is 3. The second-order valence-electron chi connectivity index (χ2n) is 3.57. The molecule has 1 aromatic heterocycles. The van der Waals surface area contributed by atoms with Gasteiger partial charge in [0.1, 0.15) is 5.76 Å². The maximum absolute atomic E-state index is 8.65. The van der Waals surface area contributed by atoms with Gasteiger partial charge in [0.25, 0.3) is 0 Å². The van der Waals surface area contributed by atoms with Gasteiger partial charge < -0.3 is 15.4 Å². The lowest BCUT2D eigenvalue weighted by molar-refractivity contribution is 0.318. The van der Waals surface area contributed by atoms with Crippen LogP contribution in [-0.4, -0.2) is 11.0 Å². The fourth-order valence-corrected chi connectivity index (χ4v) is 3.04. The summed E-state index contributed by atoms with van der Waals surface area (Å²) in [6, 6.07) is 7.56. The average molecular weight is 327 g/mol. The van der Waals surface area contributed by atoms with Crippen molar-refractivity contribution < 1.29 is 9.62 Å². The third kappa shape index (κ3) is 2.70. The van der Waals surface area contributed by atoms with Crippen LogP contribution in [0, 0.1) is 6.92 Å². The van der Waals surface area contributed by atoms with E-state index in [-0.39, 0.29) is 5.84 Å². The fraction of sp³-hybridized carbons (Fsp3) is 0.0833. The summed E-state index contributed by atoms with van der Waals surface area (Å²) in [4.78, 5) is 2.11. The molecule has 1 aromatic carbocycles. The van der Waals surface area contributed by atoms with Gasteiger partial charge in [-0.1, -0.05) is 16.9 Å². The maximum Gasteiger partial charge on any atom is 0.171 e. The molecule has 0 radical (unpaired) electrons. The van der Waals surface area contributed by atoms with Gasteiger partial charge in [0.05, 0.1) is 11.2 Å². The lowest BCUT2D eigenvalue weighted by Gasteiger charge is -2.05. The second kappa shape index (κ2) is 5.49. The van der Waals surface area contributed by atoms with Gasteiger partial charge in [0.2, 0.25) is 0 Å². The van der Waals surface area contributed by atoms with Gasteiger partial charge in [-0.2, -0.15) is 0 Å². The number of furan rings is 1. The molecule has 2 aromatic rings. The van der Waals surface area contributed by atoms with Crippen molar-refractivity contribution in [2.24, 2.45) is 10.9 Å². The largest absolute Gasteiger partial charge is 0.468 e. The highest BCUT2D eigenvalue weighted by Gasteiger charge is 2.08. The summed E-state index contributed by atoms with van der Waals surface area (Å²) >= 11 is 5.00. The zero-order chi connectivity index (χ0) is 13.1. The van der Waals surface area contributed by atoms with Gasteiger partial charge in [0, 0.05) is 14.9 Å². The van der Waals surface area contributed by atoms with Gasteiger partial charge >= 0.3 is 0 Å². The second-order valence-corrected chi connectivity index (χ2v) is 5.54. The van der Waals surface area contributed by atoms with Crippen LogP contribution >= 0.6 is 27.7 Å². The van der Waals surface area contributed by atoms with E-state index in [9.17, 15) is 0 Å². The van der Waals surface area contributed by atoms with Crippen molar-refractivity contribution in [2.45, 2.75) is 16.7 Å². The molecule has 0 aliphatic rings. The van der Waals surface area contributed by atoms with E-state index in [0.29, 0.717) is 5.56 Å². The Balaban J connectivity index is 2.27. The van der Waals surface area contributed by atoms with Crippen LogP contribution in [0.2, 0.25) is 0 Å². The van der Waals surface area contributed by atoms with Crippen LogP contribution in [0.4, 0.5) is 0 Å². The van der Waals surface area contributed by atoms with Gasteiger partial charge in [-0.15, -0.1) is 0 Å². The molecule has 94 valence electrons. The van der Waals surface area contributed by atoms with Gasteiger partial charge in [-0.25, -0.2) is 0 Å². The molecular weight excluding hydrogens is 316 g/mol. The van der Waals surface area contributed by atoms with Crippen molar-refractivity contribution in [3.63, 3.8) is 0 Å². The van der Waals surface area contributed by atoms with Crippen molar-refractivity contribution in [1.29, 1.82) is 0 Å². The highest BCUT2D eigenvalue weighted by atomic mass is 79.9. The van der Waals surface area contributed by atoms with Crippen LogP contribution in [0.3, 0.4) is 0 Å². The number of oxime groups is 1. The number of halogens is 1. The minimum absolute atomic E-state index is 0.0814. The monoisotopic (exact) mass is 326 g/mol. The summed E-state index contributed by atoms with van der Waals surface area (Å²) in [5, 5.41) is 11.6. The van der Waals surface area contributed by atoms with E-state index >= 15 is 0 Å². The molecule has 0 aliphatic heterocycles. The molecule has 0 unspecified atom stereocenters. The first-order chi connectivity index (χ1) is 8.61. The summed E-state index contributed by atoms with van der Waals surface area (Å²) in [5.41, 5.74) is 6.21. The standard InChI is InChI=1S/C12H11BrN2O2S/c1-7-11(4-5-17-7)18-8-2-3-9(10(13)6-8)12(14)15-16/h2-6,16H,1H3,(H2,14,15). The van der Waals surface area contributed by atoms with E-state index in [0.717, 1.165) is 20.0 Å². The Morgan fingerprint density at radius 1 is 1.44 bits per heavy atom. The van der Waals surface area contributed by atoms with Crippen LogP contribution in [0.1, 0.15) is 11.3 Å². The number of benzene rings is 1. The Morgan fingerprint density at radius 2 is 2.22 bits per heavy atom. The van der Waals surface area contributed by atoms with E-state index in [1.54, 1.807) is 24.1 Å². The first kappa shape index (κ1) is 13.0. The van der Waals surface area contributed by atoms with Crippen molar-refractivity contribution in [3.8, 4) is 0 Å². The summed E-state index contributed by atoms with van der Waals surface area (Å²) in [6.45, 7) is 1.92. The molecule has 0 atom stereocenters. The van der Waals surface area contributed by atoms with Crippen molar-refractivity contribution in [3.05, 3.63) is 46.3 Å². The molecular formula is C12H11BrN2O2S. The Morgan fingerprint density at radius 3 is 2.78 bits per heavy atom. The first-order valence-electron chi connectivity index (χ1n) is 5.11. The molecule has 6 heteroatoms. The molecule has 0 saturated heterocycles. The smallest absolute Gasteiger partial charge is 0.171 e. The molecule has 0 amide bonds. The van der Waals surface area contributed by atoms with Gasteiger partial charge in [-0.05, 0) is 47.1 Å². The van der Waals surface area contributed by atoms with Crippen molar-refractivity contribution in [1.82, 2.24) is 0 Å². The van der Waals surface area contributed by atoms with Gasteiger partial charge in [0.15, 0.2) is 5.84 Å². The zero-order valence-electron chi connectivity index (χ0n) is 9.55. The molecule has 2 rings (SSSR count). The van der Waals surface area contributed by atoms with Crippen LogP contribution in [0.5, 0.6) is 0 Å². The molecule has 0 aliphatic carbocycles. The number of nitrogens with two attached hydrogens (primary N) is 1. The highest BCUT2D eigenvalue weighted by Crippen LogP contribution is 2.33. The lowest BCUT2D eigenvalue weighted by atomic mass is 10.2. The van der Waals surface area contributed by atoms with Crippen LogP contribution in [0.15, 0.2) is 54.4 Å². The van der Waals surface area contributed by atoms with Gasteiger partial charge in [-0.3, -0.25) is 0 Å². The maximum atomic E-state index is 8.65. The highest BCUT2D eigenvalue weighted by molar-refractivity contribution is 9.10. The van der Waals surface area contributed by atoms with E-state index in [1.165, 1.54) is 0 Å². The quantitative estimate of drug-likeness (QED) is 0.391. The fourth-order valence-electron chi connectivity index (χ4n) is 1.43. The molecule has 18 heavy (non-hydrogen) atoms. The number of nitrogens with zero attached hydrogens (tertiary/aromatic N) is 1. The third-order valence-electron chi connectivity index (χ3n) is 2.36. The number of amidine groups is 1. The summed E-state index contributed by atoms with van der Waals surface area (Å²) < 4.78 is 6.02.